The summed E-state index contributed by atoms with van der Waals surface area (Å²) in [5.41, 5.74) is 0. The van der Waals surface area contributed by atoms with Crippen molar-refractivity contribution in [2.45, 2.75) is 283 Å². The predicted molar refractivity (Wildman–Crippen MR) is 273 cm³/mol. The lowest BCUT2D eigenvalue weighted by Gasteiger charge is -2.24. The first-order valence-electron chi connectivity index (χ1n) is 27.1. The summed E-state index contributed by atoms with van der Waals surface area (Å²) in [7, 11) is 0. The number of carbonyl (C=O) groups excluding carboxylic acids is 2. The van der Waals surface area contributed by atoms with Crippen LogP contribution in [0.4, 0.5) is 0 Å². The van der Waals surface area contributed by atoms with Crippen molar-refractivity contribution < 1.29 is 24.5 Å². The van der Waals surface area contributed by atoms with Crippen molar-refractivity contribution in [1.29, 1.82) is 0 Å². The summed E-state index contributed by atoms with van der Waals surface area (Å²) in [6, 6.07) is -0.710. The minimum Gasteiger partial charge on any atom is -0.462 e. The zero-order valence-electron chi connectivity index (χ0n) is 41.7. The molecule has 0 aliphatic carbocycles. The van der Waals surface area contributed by atoms with Crippen molar-refractivity contribution >= 4 is 11.9 Å². The molecule has 3 atom stereocenters. The quantitative estimate of drug-likeness (QED) is 0.0321. The Morgan fingerprint density at radius 2 is 0.857 bits per heavy atom. The molecule has 0 aliphatic rings. The first kappa shape index (κ1) is 60.6. The van der Waals surface area contributed by atoms with E-state index in [2.05, 4.69) is 50.4 Å². The van der Waals surface area contributed by atoms with Crippen molar-refractivity contribution in [1.82, 2.24) is 5.32 Å². The molecule has 0 saturated carbocycles. The van der Waals surface area contributed by atoms with E-state index in [9.17, 15) is 19.8 Å². The highest BCUT2D eigenvalue weighted by Crippen LogP contribution is 2.18. The van der Waals surface area contributed by atoms with Gasteiger partial charge in [0.25, 0.3) is 0 Å². The number of aliphatic hydroxyl groups excluding tert-OH is 2. The number of amides is 1. The Balaban J connectivity index is 4.59. The minimum atomic E-state index is -0.796. The number of hydrogen-bond donors (Lipinski definition) is 3. The molecule has 1 amide bonds. The van der Waals surface area contributed by atoms with E-state index in [1.807, 2.05) is 36.5 Å². The number of esters is 1. The standard InChI is InChI=1S/C57H103NO5/c1-4-7-10-13-16-19-22-25-27-29-31-34-37-40-43-46-49-55(60)54(52-59)58-56(61)51-53(48-45-42-39-36-33-30-24-21-18-15-12-9-6-3)63-57(62)50-47-44-41-38-35-32-28-26-23-20-17-14-11-8-5-2/h8,11,14,17,20,23,26,28,32,35,53-55,59-60H,4-7,9-10,12-13,15-16,18-19,21-22,24-25,27,29-31,33-34,36-52H2,1-3H3,(H,58,61)/b11-8+,17-14+,23-20-,28-26-,35-32+. The summed E-state index contributed by atoms with van der Waals surface area (Å²) < 4.78 is 5.92. The monoisotopic (exact) mass is 882 g/mol. The summed E-state index contributed by atoms with van der Waals surface area (Å²) in [5, 5.41) is 23.8. The van der Waals surface area contributed by atoms with Crippen LogP contribution in [0.1, 0.15) is 265 Å². The zero-order chi connectivity index (χ0) is 45.9. The van der Waals surface area contributed by atoms with Gasteiger partial charge in [-0.1, -0.05) is 268 Å². The number of hydrogen-bond acceptors (Lipinski definition) is 5. The van der Waals surface area contributed by atoms with Gasteiger partial charge in [-0.25, -0.2) is 0 Å². The molecule has 3 N–H and O–H groups in total. The molecule has 0 fully saturated rings. The van der Waals surface area contributed by atoms with Gasteiger partial charge in [-0.3, -0.25) is 9.59 Å². The number of carbonyl (C=O) groups is 2. The fourth-order valence-electron chi connectivity index (χ4n) is 8.16. The molecule has 0 aromatic carbocycles. The highest BCUT2D eigenvalue weighted by molar-refractivity contribution is 5.77. The molecular weight excluding hydrogens is 779 g/mol. The van der Waals surface area contributed by atoms with Crippen LogP contribution in [0.5, 0.6) is 0 Å². The third-order valence-electron chi connectivity index (χ3n) is 12.2. The average Bonchev–Trinajstić information content (AvgIpc) is 3.28. The van der Waals surface area contributed by atoms with Gasteiger partial charge in [0.05, 0.1) is 25.2 Å². The van der Waals surface area contributed by atoms with E-state index in [0.29, 0.717) is 19.3 Å². The number of rotatable bonds is 48. The number of aliphatic hydroxyl groups is 2. The lowest BCUT2D eigenvalue weighted by molar-refractivity contribution is -0.151. The van der Waals surface area contributed by atoms with Gasteiger partial charge in [-0.15, -0.1) is 0 Å². The van der Waals surface area contributed by atoms with E-state index in [4.69, 9.17) is 4.74 Å². The van der Waals surface area contributed by atoms with Crippen LogP contribution in [-0.2, 0) is 14.3 Å². The molecule has 63 heavy (non-hydrogen) atoms. The van der Waals surface area contributed by atoms with E-state index in [0.717, 1.165) is 70.6 Å². The summed E-state index contributed by atoms with van der Waals surface area (Å²) in [5.74, 6) is -0.515. The van der Waals surface area contributed by atoms with Crippen molar-refractivity contribution in [3.8, 4) is 0 Å². The van der Waals surface area contributed by atoms with Crippen molar-refractivity contribution in [3.63, 3.8) is 0 Å². The van der Waals surface area contributed by atoms with Crippen LogP contribution in [0.15, 0.2) is 60.8 Å². The van der Waals surface area contributed by atoms with Crippen LogP contribution in [0, 0.1) is 0 Å². The fourth-order valence-corrected chi connectivity index (χ4v) is 8.16. The molecule has 0 heterocycles. The second kappa shape index (κ2) is 50.6. The first-order chi connectivity index (χ1) is 31.0. The van der Waals surface area contributed by atoms with Gasteiger partial charge in [0, 0.05) is 6.42 Å². The third kappa shape index (κ3) is 45.9. The minimum absolute atomic E-state index is 0.0615. The number of allylic oxidation sites excluding steroid dienone is 10. The Bertz CT molecular complexity index is 1130. The van der Waals surface area contributed by atoms with E-state index in [1.165, 1.54) is 148 Å². The van der Waals surface area contributed by atoms with Gasteiger partial charge >= 0.3 is 5.97 Å². The molecule has 0 radical (unpaired) electrons. The lowest BCUT2D eigenvalue weighted by Crippen LogP contribution is -2.46. The average molecular weight is 882 g/mol. The van der Waals surface area contributed by atoms with Crippen molar-refractivity contribution in [3.05, 3.63) is 60.8 Å². The van der Waals surface area contributed by atoms with Gasteiger partial charge in [-0.05, 0) is 44.9 Å². The van der Waals surface area contributed by atoms with E-state index < -0.39 is 18.2 Å². The second-order valence-electron chi connectivity index (χ2n) is 18.4. The molecule has 366 valence electrons. The molecule has 0 bridgehead atoms. The van der Waals surface area contributed by atoms with Crippen molar-refractivity contribution in [2.75, 3.05) is 6.61 Å². The SMILES string of the molecule is CC/C=C/C=C/C=C\C=C/C=C/CCCCCC(=O)OC(CCCCCCCCCCCCCCC)CC(=O)NC(CO)C(O)CCCCCCCCCCCCCCCCCC. The molecule has 0 aromatic heterocycles. The number of ether oxygens (including phenoxy) is 1. The largest absolute Gasteiger partial charge is 0.462 e. The maximum atomic E-state index is 13.2. The van der Waals surface area contributed by atoms with Gasteiger partial charge in [0.2, 0.25) is 5.91 Å². The summed E-state index contributed by atoms with van der Waals surface area (Å²) in [4.78, 5) is 26.2. The predicted octanol–water partition coefficient (Wildman–Crippen LogP) is 16.4. The molecular formula is C57H103NO5. The number of nitrogens with one attached hydrogen (secondary N) is 1. The summed E-state index contributed by atoms with van der Waals surface area (Å²) >= 11 is 0. The molecule has 0 rings (SSSR count). The van der Waals surface area contributed by atoms with Gasteiger partial charge < -0.3 is 20.3 Å². The van der Waals surface area contributed by atoms with Crippen LogP contribution in [0.25, 0.3) is 0 Å². The van der Waals surface area contributed by atoms with E-state index in [-0.39, 0.29) is 24.9 Å². The molecule has 6 heteroatoms. The summed E-state index contributed by atoms with van der Waals surface area (Å²) in [6.45, 7) is 6.35. The third-order valence-corrected chi connectivity index (χ3v) is 12.2. The van der Waals surface area contributed by atoms with Crippen LogP contribution < -0.4 is 5.32 Å². The van der Waals surface area contributed by atoms with Gasteiger partial charge in [0.1, 0.15) is 6.10 Å². The smallest absolute Gasteiger partial charge is 0.306 e. The van der Waals surface area contributed by atoms with Crippen LogP contribution >= 0.6 is 0 Å². The molecule has 0 aromatic rings. The van der Waals surface area contributed by atoms with Crippen LogP contribution in [0.2, 0.25) is 0 Å². The maximum absolute atomic E-state index is 13.2. The second-order valence-corrected chi connectivity index (χ2v) is 18.4. The van der Waals surface area contributed by atoms with Gasteiger partial charge in [-0.2, -0.15) is 0 Å². The molecule has 0 aliphatic heterocycles. The Morgan fingerprint density at radius 3 is 1.29 bits per heavy atom. The molecule has 3 unspecified atom stereocenters. The molecule has 0 saturated heterocycles. The molecule has 0 spiro atoms. The highest BCUT2D eigenvalue weighted by atomic mass is 16.5. The van der Waals surface area contributed by atoms with E-state index in [1.54, 1.807) is 0 Å². The van der Waals surface area contributed by atoms with Gasteiger partial charge in [0.15, 0.2) is 0 Å². The normalized spacial score (nSPS) is 13.7. The molecule has 6 nitrogen and oxygen atoms in total. The Morgan fingerprint density at radius 1 is 0.476 bits per heavy atom. The Hall–Kier alpha value is -2.44. The summed E-state index contributed by atoms with van der Waals surface area (Å²) in [6.07, 6.45) is 62.8. The number of unbranched alkanes of at least 4 members (excludes halogenated alkanes) is 30. The maximum Gasteiger partial charge on any atom is 0.306 e. The van der Waals surface area contributed by atoms with Crippen molar-refractivity contribution in [2.24, 2.45) is 0 Å². The highest BCUT2D eigenvalue weighted by Gasteiger charge is 2.24. The lowest BCUT2D eigenvalue weighted by atomic mass is 10.0. The van der Waals surface area contributed by atoms with Crippen LogP contribution in [-0.4, -0.2) is 46.9 Å². The topological polar surface area (TPSA) is 95.9 Å². The van der Waals surface area contributed by atoms with Crippen LogP contribution in [0.3, 0.4) is 0 Å². The van der Waals surface area contributed by atoms with E-state index >= 15 is 0 Å². The zero-order valence-corrected chi connectivity index (χ0v) is 41.7. The Kier molecular flexibility index (Phi) is 48.6. The Labute approximate surface area is 390 Å². The first-order valence-corrected chi connectivity index (χ1v) is 27.1. The fraction of sp³-hybridized carbons (Fsp3) is 0.789.